The van der Waals surface area contributed by atoms with Crippen LogP contribution in [0.5, 0.6) is 0 Å². The summed E-state index contributed by atoms with van der Waals surface area (Å²) in [5.41, 5.74) is 0. The zero-order valence-corrected chi connectivity index (χ0v) is 10.6. The second-order valence-corrected chi connectivity index (χ2v) is 13.2. The number of aliphatic hydroxyl groups is 1. The fraction of sp³-hybridized carbons (Fsp3) is 0.455. The summed E-state index contributed by atoms with van der Waals surface area (Å²) >= 11 is 6.68. The van der Waals surface area contributed by atoms with Gasteiger partial charge in [0.1, 0.15) is 0 Å². The van der Waals surface area contributed by atoms with Gasteiger partial charge in [0.2, 0.25) is 0 Å². The first-order chi connectivity index (χ1) is 6.30. The Labute approximate surface area is 90.8 Å². The van der Waals surface area contributed by atoms with Crippen LogP contribution in [0, 0.1) is 0 Å². The van der Waals surface area contributed by atoms with Gasteiger partial charge in [-0.2, -0.15) is 0 Å². The molecule has 0 aromatic heterocycles. The molecule has 1 aromatic carbocycles. The SMILES string of the molecule is CC(O)CP(C)(C)(Cl)c1ccccc1. The van der Waals surface area contributed by atoms with Crippen molar-refractivity contribution in [3.05, 3.63) is 30.3 Å². The van der Waals surface area contributed by atoms with E-state index in [-0.39, 0.29) is 6.10 Å². The van der Waals surface area contributed by atoms with Crippen molar-refractivity contribution in [3.8, 4) is 0 Å². The maximum absolute atomic E-state index is 9.46. The van der Waals surface area contributed by atoms with Gasteiger partial charge in [-0.3, -0.25) is 0 Å². The Morgan fingerprint density at radius 3 is 2.21 bits per heavy atom. The Balaban J connectivity index is 3.04. The Bertz CT molecular complexity index is 300. The van der Waals surface area contributed by atoms with Crippen LogP contribution in [0.25, 0.3) is 0 Å². The van der Waals surface area contributed by atoms with Gasteiger partial charge in [0.05, 0.1) is 0 Å². The van der Waals surface area contributed by atoms with E-state index in [0.29, 0.717) is 6.16 Å². The molecule has 1 N–H and O–H groups in total. The predicted octanol–water partition coefficient (Wildman–Crippen LogP) is 2.66. The maximum atomic E-state index is 9.46. The molecule has 0 aliphatic heterocycles. The van der Waals surface area contributed by atoms with Gasteiger partial charge in [0.25, 0.3) is 0 Å². The van der Waals surface area contributed by atoms with Gasteiger partial charge in [-0.1, -0.05) is 0 Å². The van der Waals surface area contributed by atoms with Crippen LogP contribution in [0.2, 0.25) is 0 Å². The normalized spacial score (nSPS) is 17.1. The molecule has 3 heteroatoms. The van der Waals surface area contributed by atoms with E-state index in [9.17, 15) is 5.11 Å². The summed E-state index contributed by atoms with van der Waals surface area (Å²) in [5, 5.41) is 10.6. The zero-order valence-electron chi connectivity index (χ0n) is 8.94. The molecule has 0 saturated heterocycles. The van der Waals surface area contributed by atoms with Crippen molar-refractivity contribution in [1.82, 2.24) is 0 Å². The van der Waals surface area contributed by atoms with Crippen molar-refractivity contribution < 1.29 is 5.11 Å². The first-order valence-electron chi connectivity index (χ1n) is 4.76. The minimum atomic E-state index is -2.39. The van der Waals surface area contributed by atoms with E-state index < -0.39 is 5.96 Å². The van der Waals surface area contributed by atoms with E-state index in [1.165, 1.54) is 5.30 Å². The summed E-state index contributed by atoms with van der Waals surface area (Å²) < 4.78 is 0. The van der Waals surface area contributed by atoms with Crippen molar-refractivity contribution in [3.63, 3.8) is 0 Å². The molecule has 0 aliphatic carbocycles. The van der Waals surface area contributed by atoms with E-state index in [2.05, 4.69) is 13.3 Å². The molecule has 0 heterocycles. The molecule has 0 aliphatic rings. The molecule has 1 nitrogen and oxygen atoms in total. The Morgan fingerprint density at radius 1 is 1.29 bits per heavy atom. The van der Waals surface area contributed by atoms with Gasteiger partial charge < -0.3 is 0 Å². The molecule has 0 fully saturated rings. The third kappa shape index (κ3) is 2.95. The molecular formula is C11H18ClOP. The molecule has 80 valence electrons. The van der Waals surface area contributed by atoms with Gasteiger partial charge in [-0.05, 0) is 0 Å². The summed E-state index contributed by atoms with van der Waals surface area (Å²) in [6, 6.07) is 10.1. The van der Waals surface area contributed by atoms with Gasteiger partial charge in [-0.25, -0.2) is 0 Å². The quantitative estimate of drug-likeness (QED) is 0.795. The van der Waals surface area contributed by atoms with Crippen LogP contribution in [-0.2, 0) is 0 Å². The predicted molar refractivity (Wildman–Crippen MR) is 67.2 cm³/mol. The van der Waals surface area contributed by atoms with E-state index >= 15 is 0 Å². The van der Waals surface area contributed by atoms with Crippen LogP contribution in [-0.4, -0.2) is 30.7 Å². The molecule has 1 atom stereocenters. The third-order valence-corrected chi connectivity index (χ3v) is 6.81. The minimum absolute atomic E-state index is 0.347. The Kier molecular flexibility index (Phi) is 3.26. The number of benzene rings is 1. The van der Waals surface area contributed by atoms with Crippen LogP contribution in [0.15, 0.2) is 30.3 Å². The summed E-state index contributed by atoms with van der Waals surface area (Å²) in [6.45, 7) is 5.95. The molecule has 1 unspecified atom stereocenters. The van der Waals surface area contributed by atoms with E-state index in [1.54, 1.807) is 6.92 Å². The second kappa shape index (κ2) is 3.81. The summed E-state index contributed by atoms with van der Waals surface area (Å²) in [4.78, 5) is 0. The summed E-state index contributed by atoms with van der Waals surface area (Å²) in [7, 11) is 0. The zero-order chi connectivity index (χ0) is 10.8. The number of halogens is 1. The molecule has 0 saturated carbocycles. The van der Waals surface area contributed by atoms with E-state index in [0.717, 1.165) is 0 Å². The van der Waals surface area contributed by atoms with Gasteiger partial charge >= 0.3 is 90.5 Å². The molecule has 14 heavy (non-hydrogen) atoms. The van der Waals surface area contributed by atoms with Gasteiger partial charge in [0, 0.05) is 0 Å². The van der Waals surface area contributed by atoms with E-state index in [1.807, 2.05) is 30.3 Å². The Hall–Kier alpha value is -0.100. The Morgan fingerprint density at radius 2 is 1.79 bits per heavy atom. The first-order valence-corrected chi connectivity index (χ1v) is 8.98. The summed E-state index contributed by atoms with van der Waals surface area (Å²) in [5.74, 6) is -2.39. The monoisotopic (exact) mass is 232 g/mol. The van der Waals surface area contributed by atoms with E-state index in [4.69, 9.17) is 11.2 Å². The number of hydrogen-bond acceptors (Lipinski definition) is 1. The van der Waals surface area contributed by atoms with Crippen molar-refractivity contribution in [2.45, 2.75) is 13.0 Å². The van der Waals surface area contributed by atoms with Crippen LogP contribution < -0.4 is 5.30 Å². The molecule has 0 amide bonds. The van der Waals surface area contributed by atoms with Crippen molar-refractivity contribution >= 4 is 22.5 Å². The van der Waals surface area contributed by atoms with Crippen molar-refractivity contribution in [1.29, 1.82) is 0 Å². The third-order valence-electron chi connectivity index (χ3n) is 2.34. The topological polar surface area (TPSA) is 20.2 Å². The molecule has 1 rings (SSSR count). The van der Waals surface area contributed by atoms with Crippen LogP contribution in [0.3, 0.4) is 0 Å². The first kappa shape index (κ1) is 12.0. The molecule has 1 aromatic rings. The number of aliphatic hydroxyl groups excluding tert-OH is 1. The summed E-state index contributed by atoms with van der Waals surface area (Å²) in [6.07, 6.45) is 0.317. The average Bonchev–Trinajstić information content (AvgIpc) is 2.02. The second-order valence-electron chi connectivity index (χ2n) is 4.59. The van der Waals surface area contributed by atoms with Crippen molar-refractivity contribution in [2.24, 2.45) is 0 Å². The molecule has 0 bridgehead atoms. The standard InChI is InChI=1S/C11H18ClOP/c1-10(13)9-14(2,3,12)11-7-5-4-6-8-11/h4-8,10,13H,9H2,1-3H3. The fourth-order valence-corrected chi connectivity index (χ4v) is 5.51. The van der Waals surface area contributed by atoms with Gasteiger partial charge in [-0.15, -0.1) is 0 Å². The fourth-order valence-electron chi connectivity index (χ4n) is 1.75. The van der Waals surface area contributed by atoms with Crippen molar-refractivity contribution in [2.75, 3.05) is 19.5 Å². The number of rotatable bonds is 3. The van der Waals surface area contributed by atoms with Crippen LogP contribution in [0.4, 0.5) is 0 Å². The molecule has 0 radical (unpaired) electrons. The average molecular weight is 233 g/mol. The van der Waals surface area contributed by atoms with Gasteiger partial charge in [0.15, 0.2) is 0 Å². The van der Waals surface area contributed by atoms with Crippen LogP contribution in [0.1, 0.15) is 6.92 Å². The number of hydrogen-bond donors (Lipinski definition) is 1. The van der Waals surface area contributed by atoms with Crippen LogP contribution >= 0.6 is 17.2 Å². The molecule has 0 spiro atoms. The molecular weight excluding hydrogens is 215 g/mol.